The van der Waals surface area contributed by atoms with E-state index in [1.165, 1.54) is 0 Å². The van der Waals surface area contributed by atoms with Crippen LogP contribution in [-0.2, 0) is 11.8 Å². The number of aromatic nitrogens is 5. The number of imidazole rings is 1. The second-order valence-electron chi connectivity index (χ2n) is 7.89. The fourth-order valence-electron chi connectivity index (χ4n) is 4.02. The molecule has 158 valence electrons. The standard InChI is InChI=1S/C23H24N6O2/c1-14-3-4-15(20-24-7-8-25-20)11-18(14)19-12-16-13-26-23(27-17-5-9-31-10-6-17)28-21(16)29(2)22(19)30/h3-4,7-8,11-13,17H,5-6,9-10H2,1-2H3,(H,24,25)(H,26,27,28). The van der Waals surface area contributed by atoms with Gasteiger partial charge in [0.05, 0.1) is 0 Å². The second-order valence-corrected chi connectivity index (χ2v) is 7.89. The van der Waals surface area contributed by atoms with E-state index in [1.807, 2.05) is 31.2 Å². The van der Waals surface area contributed by atoms with Crippen LogP contribution in [0.4, 0.5) is 5.95 Å². The molecule has 5 rings (SSSR count). The summed E-state index contributed by atoms with van der Waals surface area (Å²) in [5.41, 5.74) is 3.96. The van der Waals surface area contributed by atoms with E-state index in [0.29, 0.717) is 17.2 Å². The number of anilines is 1. The minimum absolute atomic E-state index is 0.0945. The van der Waals surface area contributed by atoms with Gasteiger partial charge in [-0.05, 0) is 43.0 Å². The van der Waals surface area contributed by atoms with Gasteiger partial charge < -0.3 is 15.0 Å². The summed E-state index contributed by atoms with van der Waals surface area (Å²) in [7, 11) is 1.76. The van der Waals surface area contributed by atoms with Crippen LogP contribution in [0, 0.1) is 6.92 Å². The normalized spacial score (nSPS) is 14.8. The van der Waals surface area contributed by atoms with Crippen LogP contribution in [0.15, 0.2) is 47.7 Å². The molecule has 1 saturated heterocycles. The summed E-state index contributed by atoms with van der Waals surface area (Å²) in [6.07, 6.45) is 7.12. The maximum atomic E-state index is 13.3. The first-order valence-electron chi connectivity index (χ1n) is 10.4. The van der Waals surface area contributed by atoms with Crippen molar-refractivity contribution in [3.8, 4) is 22.5 Å². The highest BCUT2D eigenvalue weighted by atomic mass is 16.5. The summed E-state index contributed by atoms with van der Waals surface area (Å²) in [6.45, 7) is 3.48. The van der Waals surface area contributed by atoms with Gasteiger partial charge in [0, 0.05) is 61.4 Å². The van der Waals surface area contributed by atoms with Crippen LogP contribution in [0.5, 0.6) is 0 Å². The lowest BCUT2D eigenvalue weighted by Crippen LogP contribution is -2.29. The minimum atomic E-state index is -0.0945. The number of nitrogens with one attached hydrogen (secondary N) is 2. The molecule has 0 amide bonds. The lowest BCUT2D eigenvalue weighted by atomic mass is 9.98. The third-order valence-electron chi connectivity index (χ3n) is 5.80. The minimum Gasteiger partial charge on any atom is -0.381 e. The third kappa shape index (κ3) is 3.70. The van der Waals surface area contributed by atoms with Gasteiger partial charge in [-0.25, -0.2) is 9.97 Å². The van der Waals surface area contributed by atoms with Crippen molar-refractivity contribution in [2.75, 3.05) is 18.5 Å². The molecule has 4 aromatic rings. The summed E-state index contributed by atoms with van der Waals surface area (Å²) in [6, 6.07) is 8.17. The Balaban J connectivity index is 1.56. The molecule has 0 spiro atoms. The van der Waals surface area contributed by atoms with Crippen molar-refractivity contribution in [3.05, 3.63) is 58.8 Å². The Bertz CT molecular complexity index is 1290. The van der Waals surface area contributed by atoms with E-state index in [9.17, 15) is 4.79 Å². The molecular weight excluding hydrogens is 392 g/mol. The molecule has 1 aromatic carbocycles. The molecule has 0 aliphatic carbocycles. The molecular formula is C23H24N6O2. The summed E-state index contributed by atoms with van der Waals surface area (Å²) in [5.74, 6) is 1.31. The molecule has 0 radical (unpaired) electrons. The number of aryl methyl sites for hydroxylation is 2. The SMILES string of the molecule is Cc1ccc(-c2ncc[nH]2)cc1-c1cc2cnc(NC3CCOCC3)nc2n(C)c1=O. The van der Waals surface area contributed by atoms with Crippen molar-refractivity contribution in [1.82, 2.24) is 24.5 Å². The van der Waals surface area contributed by atoms with Gasteiger partial charge in [-0.1, -0.05) is 12.1 Å². The van der Waals surface area contributed by atoms with Gasteiger partial charge in [-0.2, -0.15) is 4.98 Å². The molecule has 0 atom stereocenters. The number of benzene rings is 1. The first-order chi connectivity index (χ1) is 15.1. The number of nitrogens with zero attached hydrogens (tertiary/aromatic N) is 4. The predicted molar refractivity (Wildman–Crippen MR) is 120 cm³/mol. The lowest BCUT2D eigenvalue weighted by Gasteiger charge is -2.23. The quantitative estimate of drug-likeness (QED) is 0.530. The van der Waals surface area contributed by atoms with Crippen LogP contribution in [0.3, 0.4) is 0 Å². The summed E-state index contributed by atoms with van der Waals surface area (Å²) < 4.78 is 7.00. The Morgan fingerprint density at radius 2 is 2.00 bits per heavy atom. The average molecular weight is 416 g/mol. The van der Waals surface area contributed by atoms with Gasteiger partial charge in [0.1, 0.15) is 11.5 Å². The van der Waals surface area contributed by atoms with Crippen LogP contribution >= 0.6 is 0 Å². The van der Waals surface area contributed by atoms with E-state index in [1.54, 1.807) is 30.2 Å². The Morgan fingerprint density at radius 3 is 2.77 bits per heavy atom. The second kappa shape index (κ2) is 7.96. The molecule has 3 aromatic heterocycles. The number of hydrogen-bond acceptors (Lipinski definition) is 6. The first kappa shape index (κ1) is 19.4. The van der Waals surface area contributed by atoms with Crippen LogP contribution in [0.25, 0.3) is 33.5 Å². The first-order valence-corrected chi connectivity index (χ1v) is 10.4. The van der Waals surface area contributed by atoms with Crippen molar-refractivity contribution in [1.29, 1.82) is 0 Å². The molecule has 1 fully saturated rings. The smallest absolute Gasteiger partial charge is 0.259 e. The van der Waals surface area contributed by atoms with E-state index in [4.69, 9.17) is 4.74 Å². The number of hydrogen-bond donors (Lipinski definition) is 2. The summed E-state index contributed by atoms with van der Waals surface area (Å²) in [5, 5.41) is 4.19. The fraction of sp³-hybridized carbons (Fsp3) is 0.304. The zero-order valence-electron chi connectivity index (χ0n) is 17.6. The lowest BCUT2D eigenvalue weighted by molar-refractivity contribution is 0.0903. The van der Waals surface area contributed by atoms with Crippen molar-refractivity contribution in [2.24, 2.45) is 7.05 Å². The molecule has 0 saturated carbocycles. The van der Waals surface area contributed by atoms with Gasteiger partial charge in [0.25, 0.3) is 5.56 Å². The summed E-state index contributed by atoms with van der Waals surface area (Å²) in [4.78, 5) is 29.8. The highest BCUT2D eigenvalue weighted by molar-refractivity contribution is 5.83. The van der Waals surface area contributed by atoms with Crippen LogP contribution in [0.2, 0.25) is 0 Å². The molecule has 2 N–H and O–H groups in total. The van der Waals surface area contributed by atoms with E-state index < -0.39 is 0 Å². The molecule has 1 aliphatic rings. The van der Waals surface area contributed by atoms with E-state index in [0.717, 1.165) is 54.0 Å². The van der Waals surface area contributed by atoms with Crippen molar-refractivity contribution in [3.63, 3.8) is 0 Å². The molecule has 4 heterocycles. The topological polar surface area (TPSA) is 97.7 Å². The highest BCUT2D eigenvalue weighted by Gasteiger charge is 2.17. The zero-order chi connectivity index (χ0) is 21.4. The Hall–Kier alpha value is -3.52. The highest BCUT2D eigenvalue weighted by Crippen LogP contribution is 2.28. The Kier molecular flexibility index (Phi) is 4.99. The van der Waals surface area contributed by atoms with Gasteiger partial charge in [0.2, 0.25) is 5.95 Å². The average Bonchev–Trinajstić information content (AvgIpc) is 3.33. The predicted octanol–water partition coefficient (Wildman–Crippen LogP) is 3.28. The Labute approximate surface area is 179 Å². The van der Waals surface area contributed by atoms with Crippen molar-refractivity contribution >= 4 is 17.0 Å². The van der Waals surface area contributed by atoms with Crippen LogP contribution in [-0.4, -0.2) is 43.8 Å². The molecule has 0 unspecified atom stereocenters. The number of rotatable bonds is 4. The number of fused-ring (bicyclic) bond motifs is 1. The number of aromatic amines is 1. The van der Waals surface area contributed by atoms with Gasteiger partial charge >= 0.3 is 0 Å². The maximum Gasteiger partial charge on any atom is 0.259 e. The maximum absolute atomic E-state index is 13.3. The number of ether oxygens (including phenoxy) is 1. The zero-order valence-corrected chi connectivity index (χ0v) is 17.6. The monoisotopic (exact) mass is 416 g/mol. The van der Waals surface area contributed by atoms with Crippen LogP contribution < -0.4 is 10.9 Å². The molecule has 31 heavy (non-hydrogen) atoms. The molecule has 0 bridgehead atoms. The summed E-state index contributed by atoms with van der Waals surface area (Å²) >= 11 is 0. The van der Waals surface area contributed by atoms with Gasteiger partial charge in [0.15, 0.2) is 0 Å². The molecule has 1 aliphatic heterocycles. The van der Waals surface area contributed by atoms with E-state index in [2.05, 4.69) is 25.3 Å². The van der Waals surface area contributed by atoms with E-state index in [-0.39, 0.29) is 11.6 Å². The van der Waals surface area contributed by atoms with Gasteiger partial charge in [-0.3, -0.25) is 9.36 Å². The molecule has 8 heteroatoms. The van der Waals surface area contributed by atoms with Gasteiger partial charge in [-0.15, -0.1) is 0 Å². The van der Waals surface area contributed by atoms with E-state index >= 15 is 0 Å². The van der Waals surface area contributed by atoms with Crippen LogP contribution in [0.1, 0.15) is 18.4 Å². The largest absolute Gasteiger partial charge is 0.381 e. The fourth-order valence-corrected chi connectivity index (χ4v) is 4.02. The Morgan fingerprint density at radius 1 is 1.16 bits per heavy atom. The van der Waals surface area contributed by atoms with Crippen molar-refractivity contribution in [2.45, 2.75) is 25.8 Å². The number of pyridine rings is 1. The molecule has 8 nitrogen and oxygen atoms in total. The number of H-pyrrole nitrogens is 1. The van der Waals surface area contributed by atoms with Crippen molar-refractivity contribution < 1.29 is 4.74 Å². The third-order valence-corrected chi connectivity index (χ3v) is 5.80.